The second-order valence-electron chi connectivity index (χ2n) is 11.3. The van der Waals surface area contributed by atoms with E-state index in [2.05, 4.69) is 5.32 Å². The predicted octanol–water partition coefficient (Wildman–Crippen LogP) is 6.31. The number of sulfonamides is 1. The number of nitrogens with zero attached hydrogens (tertiary/aromatic N) is 2. The van der Waals surface area contributed by atoms with Crippen molar-refractivity contribution in [3.63, 3.8) is 0 Å². The zero-order valence-corrected chi connectivity index (χ0v) is 27.3. The van der Waals surface area contributed by atoms with E-state index >= 15 is 0 Å². The van der Waals surface area contributed by atoms with Crippen molar-refractivity contribution in [3.8, 4) is 0 Å². The van der Waals surface area contributed by atoms with Crippen LogP contribution in [0.15, 0.2) is 114 Å². The van der Waals surface area contributed by atoms with Crippen molar-refractivity contribution in [2.45, 2.75) is 70.5 Å². The van der Waals surface area contributed by atoms with Gasteiger partial charge < -0.3 is 10.2 Å². The highest BCUT2D eigenvalue weighted by atomic mass is 32.2. The zero-order valence-electron chi connectivity index (χ0n) is 26.5. The number of anilines is 1. The van der Waals surface area contributed by atoms with E-state index in [4.69, 9.17) is 0 Å². The number of aryl methyl sites for hydroxylation is 2. The largest absolute Gasteiger partial charge is 0.352 e. The first-order chi connectivity index (χ1) is 21.6. The van der Waals surface area contributed by atoms with E-state index in [1.54, 1.807) is 35.2 Å². The third-order valence-corrected chi connectivity index (χ3v) is 9.73. The number of hydrogen-bond acceptors (Lipinski definition) is 4. The molecule has 2 amide bonds. The van der Waals surface area contributed by atoms with Crippen molar-refractivity contribution < 1.29 is 18.0 Å². The Hall–Kier alpha value is -4.43. The monoisotopic (exact) mass is 625 g/mol. The van der Waals surface area contributed by atoms with Crippen LogP contribution in [0.1, 0.15) is 49.4 Å². The summed E-state index contributed by atoms with van der Waals surface area (Å²) >= 11 is 0. The molecule has 4 aromatic rings. The SMILES string of the molecule is CCc1ccccc1N(CC(=O)N(Cc1cccc(C)c1)[C@@H](Cc1ccccc1)C(=O)N[C@H](C)CC)S(=O)(=O)c1ccccc1. The molecule has 7 nitrogen and oxygen atoms in total. The van der Waals surface area contributed by atoms with Gasteiger partial charge in [0.15, 0.2) is 0 Å². The molecule has 45 heavy (non-hydrogen) atoms. The summed E-state index contributed by atoms with van der Waals surface area (Å²) in [5, 5.41) is 3.08. The van der Waals surface area contributed by atoms with Crippen molar-refractivity contribution in [1.29, 1.82) is 0 Å². The van der Waals surface area contributed by atoms with Crippen LogP contribution >= 0.6 is 0 Å². The number of carbonyl (C=O) groups is 2. The van der Waals surface area contributed by atoms with Gasteiger partial charge in [-0.3, -0.25) is 13.9 Å². The Morgan fingerprint density at radius 1 is 0.800 bits per heavy atom. The average molecular weight is 626 g/mol. The molecule has 0 heterocycles. The van der Waals surface area contributed by atoms with Crippen LogP contribution < -0.4 is 9.62 Å². The number of hydrogen-bond donors (Lipinski definition) is 1. The Balaban J connectivity index is 1.83. The van der Waals surface area contributed by atoms with Gasteiger partial charge >= 0.3 is 0 Å². The summed E-state index contributed by atoms with van der Waals surface area (Å²) in [5.74, 6) is -0.747. The lowest BCUT2D eigenvalue weighted by Gasteiger charge is -2.34. The third-order valence-electron chi connectivity index (χ3n) is 7.96. The molecular formula is C37H43N3O4S. The van der Waals surface area contributed by atoms with E-state index in [0.717, 1.165) is 28.7 Å². The normalized spacial score (nSPS) is 12.6. The molecule has 0 aliphatic heterocycles. The molecule has 0 bridgehead atoms. The van der Waals surface area contributed by atoms with Crippen molar-refractivity contribution >= 4 is 27.5 Å². The second-order valence-corrected chi connectivity index (χ2v) is 13.2. The van der Waals surface area contributed by atoms with Crippen LogP contribution in [0.3, 0.4) is 0 Å². The summed E-state index contributed by atoms with van der Waals surface area (Å²) < 4.78 is 29.6. The van der Waals surface area contributed by atoms with E-state index in [1.165, 1.54) is 16.4 Å². The maximum Gasteiger partial charge on any atom is 0.264 e. The number of rotatable bonds is 14. The van der Waals surface area contributed by atoms with Gasteiger partial charge in [-0.05, 0) is 61.6 Å². The van der Waals surface area contributed by atoms with Gasteiger partial charge in [-0.25, -0.2) is 8.42 Å². The van der Waals surface area contributed by atoms with Crippen LogP contribution in [0.4, 0.5) is 5.69 Å². The third kappa shape index (κ3) is 8.60. The molecular weight excluding hydrogens is 582 g/mol. The lowest BCUT2D eigenvalue weighted by molar-refractivity contribution is -0.140. The highest BCUT2D eigenvalue weighted by Crippen LogP contribution is 2.28. The van der Waals surface area contributed by atoms with Crippen molar-refractivity contribution in [3.05, 3.63) is 131 Å². The van der Waals surface area contributed by atoms with Crippen molar-refractivity contribution in [2.24, 2.45) is 0 Å². The molecule has 0 radical (unpaired) electrons. The Morgan fingerprint density at radius 3 is 2.07 bits per heavy atom. The number of benzene rings is 4. The summed E-state index contributed by atoms with van der Waals surface area (Å²) in [6, 6.07) is 31.8. The minimum atomic E-state index is -4.14. The highest BCUT2D eigenvalue weighted by Gasteiger charge is 2.35. The van der Waals surface area contributed by atoms with Gasteiger partial charge in [-0.15, -0.1) is 0 Å². The number of amides is 2. The smallest absolute Gasteiger partial charge is 0.264 e. The summed E-state index contributed by atoms with van der Waals surface area (Å²) in [5.41, 5.74) is 4.01. The molecule has 0 aliphatic carbocycles. The van der Waals surface area contributed by atoms with Gasteiger partial charge in [0.05, 0.1) is 10.6 Å². The molecule has 0 aromatic heterocycles. The molecule has 0 aliphatic rings. The fourth-order valence-electron chi connectivity index (χ4n) is 5.29. The Kier molecular flexibility index (Phi) is 11.5. The first-order valence-electron chi connectivity index (χ1n) is 15.5. The topological polar surface area (TPSA) is 86.8 Å². The molecule has 0 unspecified atom stereocenters. The Labute approximate surface area is 268 Å². The second kappa shape index (κ2) is 15.5. The molecule has 8 heteroatoms. The van der Waals surface area contributed by atoms with Gasteiger partial charge in [0.2, 0.25) is 11.8 Å². The van der Waals surface area contributed by atoms with Crippen LogP contribution in [0, 0.1) is 6.92 Å². The molecule has 4 aromatic carbocycles. The van der Waals surface area contributed by atoms with E-state index < -0.39 is 28.5 Å². The molecule has 4 rings (SSSR count). The van der Waals surface area contributed by atoms with Crippen LogP contribution in [0.5, 0.6) is 0 Å². The minimum absolute atomic E-state index is 0.0873. The minimum Gasteiger partial charge on any atom is -0.352 e. The van der Waals surface area contributed by atoms with Crippen molar-refractivity contribution in [1.82, 2.24) is 10.2 Å². The molecule has 0 saturated carbocycles. The Morgan fingerprint density at radius 2 is 1.42 bits per heavy atom. The fourth-order valence-corrected chi connectivity index (χ4v) is 6.76. The van der Waals surface area contributed by atoms with Gasteiger partial charge in [0.25, 0.3) is 10.0 Å². The summed E-state index contributed by atoms with van der Waals surface area (Å²) in [6.45, 7) is 7.52. The number of nitrogens with one attached hydrogen (secondary N) is 1. The molecule has 0 fully saturated rings. The molecule has 1 N–H and O–H groups in total. The quantitative estimate of drug-likeness (QED) is 0.178. The number of para-hydroxylation sites is 1. The molecule has 2 atom stereocenters. The van der Waals surface area contributed by atoms with Gasteiger partial charge in [-0.2, -0.15) is 0 Å². The van der Waals surface area contributed by atoms with Crippen LogP contribution in [0.25, 0.3) is 0 Å². The summed E-state index contributed by atoms with van der Waals surface area (Å²) in [4.78, 5) is 30.2. The van der Waals surface area contributed by atoms with E-state index in [9.17, 15) is 18.0 Å². The van der Waals surface area contributed by atoms with E-state index in [-0.39, 0.29) is 29.8 Å². The lowest BCUT2D eigenvalue weighted by atomic mass is 10.0. The first-order valence-corrected chi connectivity index (χ1v) is 16.9. The zero-order chi connectivity index (χ0) is 32.4. The summed E-state index contributed by atoms with van der Waals surface area (Å²) in [7, 11) is -4.14. The van der Waals surface area contributed by atoms with Gasteiger partial charge in [0.1, 0.15) is 12.6 Å². The number of carbonyl (C=O) groups excluding carboxylic acids is 2. The maximum atomic E-state index is 14.6. The van der Waals surface area contributed by atoms with Gasteiger partial charge in [-0.1, -0.05) is 110 Å². The summed E-state index contributed by atoms with van der Waals surface area (Å²) in [6.07, 6.45) is 1.58. The predicted molar refractivity (Wildman–Crippen MR) is 180 cm³/mol. The van der Waals surface area contributed by atoms with Gasteiger partial charge in [0, 0.05) is 19.0 Å². The average Bonchev–Trinajstić information content (AvgIpc) is 3.05. The molecule has 0 spiro atoms. The van der Waals surface area contributed by atoms with Crippen molar-refractivity contribution in [2.75, 3.05) is 10.8 Å². The Bertz CT molecular complexity index is 1680. The molecule has 0 saturated heterocycles. The fraction of sp³-hybridized carbons (Fsp3) is 0.297. The maximum absolute atomic E-state index is 14.6. The van der Waals surface area contributed by atoms with Crippen LogP contribution in [-0.4, -0.2) is 43.8 Å². The first kappa shape index (κ1) is 33.5. The van der Waals surface area contributed by atoms with Crippen LogP contribution in [-0.2, 0) is 39.0 Å². The van der Waals surface area contributed by atoms with E-state index in [1.807, 2.05) is 94.4 Å². The van der Waals surface area contributed by atoms with E-state index in [0.29, 0.717) is 12.1 Å². The van der Waals surface area contributed by atoms with Crippen LogP contribution in [0.2, 0.25) is 0 Å². The molecule has 236 valence electrons. The highest BCUT2D eigenvalue weighted by molar-refractivity contribution is 7.92. The lowest BCUT2D eigenvalue weighted by Crippen LogP contribution is -2.54. The standard InChI is InChI=1S/C37H43N3O4S/c1-5-29(4)38-37(42)35(25-30-17-9-7-10-18-30)39(26-31-19-15-16-28(3)24-31)36(41)27-40(34-23-14-13-20-32(34)6-2)45(43,44)33-21-11-8-12-22-33/h7-24,29,35H,5-6,25-27H2,1-4H3,(H,38,42)/t29-,35+/m1/s1.